The van der Waals surface area contributed by atoms with Gasteiger partial charge in [0.1, 0.15) is 17.1 Å². The number of ether oxygens (including phenoxy) is 1. The van der Waals surface area contributed by atoms with E-state index in [0.29, 0.717) is 28.3 Å². The molecule has 176 valence electrons. The van der Waals surface area contributed by atoms with Crippen molar-refractivity contribution < 1.29 is 24.2 Å². The van der Waals surface area contributed by atoms with Crippen molar-refractivity contribution in [3.05, 3.63) is 17.0 Å². The first-order valence-corrected chi connectivity index (χ1v) is 12.6. The number of nitrogens with one attached hydrogen (secondary N) is 1. The van der Waals surface area contributed by atoms with Crippen LogP contribution in [0.4, 0.5) is 5.00 Å². The van der Waals surface area contributed by atoms with Crippen molar-refractivity contribution in [3.8, 4) is 6.07 Å². The zero-order valence-electron chi connectivity index (χ0n) is 18.7. The minimum atomic E-state index is -1.10. The Labute approximate surface area is 196 Å². The topological polar surface area (TPSA) is 120 Å². The number of aliphatic hydroxyl groups excluding tert-OH is 1. The Kier molecular flexibility index (Phi) is 5.69. The number of amides is 2. The summed E-state index contributed by atoms with van der Waals surface area (Å²) in [6, 6.07) is 2.72. The van der Waals surface area contributed by atoms with Gasteiger partial charge in [-0.05, 0) is 74.6 Å². The highest BCUT2D eigenvalue weighted by molar-refractivity contribution is 7.14. The molecule has 4 aliphatic carbocycles. The van der Waals surface area contributed by atoms with E-state index in [1.54, 1.807) is 11.4 Å². The zero-order valence-corrected chi connectivity index (χ0v) is 19.5. The molecule has 4 bridgehead atoms. The van der Waals surface area contributed by atoms with Crippen molar-refractivity contribution in [3.63, 3.8) is 0 Å². The van der Waals surface area contributed by atoms with E-state index in [2.05, 4.69) is 5.32 Å². The maximum Gasteiger partial charge on any atom is 0.329 e. The van der Waals surface area contributed by atoms with E-state index in [-0.39, 0.29) is 18.9 Å². The molecule has 1 aliphatic heterocycles. The fraction of sp³-hybridized carbons (Fsp3) is 0.667. The molecule has 2 amide bonds. The first-order chi connectivity index (χ1) is 15.8. The number of hydrogen-bond acceptors (Lipinski definition) is 7. The number of likely N-dealkylation sites (tertiary alicyclic amines) is 1. The molecule has 1 aromatic rings. The Balaban J connectivity index is 1.26. The number of rotatable bonds is 5. The Morgan fingerprint density at radius 2 is 1.85 bits per heavy atom. The van der Waals surface area contributed by atoms with Crippen molar-refractivity contribution in [2.45, 2.75) is 70.1 Å². The summed E-state index contributed by atoms with van der Waals surface area (Å²) >= 11 is 1.21. The molecular weight excluding hydrogens is 442 g/mol. The average Bonchev–Trinajstić information content (AvgIpc) is 3.38. The van der Waals surface area contributed by atoms with E-state index in [0.717, 1.165) is 19.3 Å². The molecule has 1 saturated heterocycles. The van der Waals surface area contributed by atoms with Gasteiger partial charge < -0.3 is 20.1 Å². The number of carbonyl (C=O) groups excluding carboxylic acids is 3. The van der Waals surface area contributed by atoms with Gasteiger partial charge >= 0.3 is 5.97 Å². The summed E-state index contributed by atoms with van der Waals surface area (Å²) in [5.74, 6) is 0.556. The van der Waals surface area contributed by atoms with Crippen LogP contribution in [0.15, 0.2) is 11.4 Å². The van der Waals surface area contributed by atoms with Crippen molar-refractivity contribution in [2.24, 2.45) is 23.2 Å². The van der Waals surface area contributed by atoms with Gasteiger partial charge in [-0.15, -0.1) is 11.3 Å². The number of nitriles is 1. The van der Waals surface area contributed by atoms with Gasteiger partial charge in [0.05, 0.1) is 17.1 Å². The minimum absolute atomic E-state index is 0.0190. The van der Waals surface area contributed by atoms with Crippen LogP contribution >= 0.6 is 11.3 Å². The molecule has 0 aromatic carbocycles. The Morgan fingerprint density at radius 3 is 2.45 bits per heavy atom. The Hall–Kier alpha value is -2.44. The average molecular weight is 472 g/mol. The molecule has 5 aliphatic rings. The summed E-state index contributed by atoms with van der Waals surface area (Å²) in [6.07, 6.45) is 4.53. The van der Waals surface area contributed by atoms with Crippen LogP contribution in [-0.4, -0.2) is 52.6 Å². The molecule has 3 atom stereocenters. The summed E-state index contributed by atoms with van der Waals surface area (Å²) in [5.41, 5.74) is -0.0640. The number of nitrogens with zero attached hydrogens (tertiary/aromatic N) is 2. The third-order valence-corrected chi connectivity index (χ3v) is 8.82. The lowest BCUT2D eigenvalue weighted by Gasteiger charge is -2.56. The van der Waals surface area contributed by atoms with Gasteiger partial charge in [-0.1, -0.05) is 0 Å². The Morgan fingerprint density at radius 1 is 1.21 bits per heavy atom. The van der Waals surface area contributed by atoms with E-state index in [1.165, 1.54) is 42.4 Å². The van der Waals surface area contributed by atoms with Crippen LogP contribution in [0.2, 0.25) is 0 Å². The molecule has 9 heteroatoms. The largest absolute Gasteiger partial charge is 0.451 e. The predicted octanol–water partition coefficient (Wildman–Crippen LogP) is 2.67. The zero-order chi connectivity index (χ0) is 23.3. The van der Waals surface area contributed by atoms with Crippen LogP contribution in [0.25, 0.3) is 0 Å². The van der Waals surface area contributed by atoms with Gasteiger partial charge in [-0.2, -0.15) is 5.26 Å². The standard InChI is InChI=1S/C24H29N3O5S/c1-13(20(29)26-21-17(11-25)2-3-33-21)32-22(30)19-7-18(28)12-27(19)23(31)24-8-14-4-15(9-24)6-16(5-14)10-24/h2-3,13-16,18-19,28H,4-10,12H2,1H3,(H,26,29)/t13-,14?,15?,16?,18-,19-,24?/m0/s1. The lowest BCUT2D eigenvalue weighted by Crippen LogP contribution is -2.56. The fourth-order valence-corrected chi connectivity index (χ4v) is 7.69. The molecule has 2 heterocycles. The van der Waals surface area contributed by atoms with E-state index in [9.17, 15) is 19.5 Å². The first-order valence-electron chi connectivity index (χ1n) is 11.8. The van der Waals surface area contributed by atoms with Crippen molar-refractivity contribution in [1.82, 2.24) is 4.90 Å². The minimum Gasteiger partial charge on any atom is -0.451 e. The highest BCUT2D eigenvalue weighted by Gasteiger charge is 2.57. The number of anilines is 1. The summed E-state index contributed by atoms with van der Waals surface area (Å²) in [6.45, 7) is 1.59. The normalized spacial score (nSPS) is 35.2. The van der Waals surface area contributed by atoms with Gasteiger partial charge in [0.25, 0.3) is 5.91 Å². The molecule has 0 spiro atoms. The van der Waals surface area contributed by atoms with E-state index in [4.69, 9.17) is 10.00 Å². The number of β-amino-alcohol motifs (C(OH)–C–C–N with tert-alkyl or cyclic N) is 1. The second kappa shape index (κ2) is 8.41. The highest BCUT2D eigenvalue weighted by atomic mass is 32.1. The van der Waals surface area contributed by atoms with E-state index in [1.807, 2.05) is 6.07 Å². The van der Waals surface area contributed by atoms with Crippen LogP contribution in [0.1, 0.15) is 57.4 Å². The number of hydrogen-bond donors (Lipinski definition) is 2. The predicted molar refractivity (Wildman–Crippen MR) is 120 cm³/mol. The van der Waals surface area contributed by atoms with E-state index >= 15 is 0 Å². The number of carbonyl (C=O) groups is 3. The molecule has 1 aromatic heterocycles. The van der Waals surface area contributed by atoms with Crippen molar-refractivity contribution in [2.75, 3.05) is 11.9 Å². The second-order valence-electron chi connectivity index (χ2n) is 10.4. The highest BCUT2D eigenvalue weighted by Crippen LogP contribution is 2.60. The number of esters is 1. The second-order valence-corrected chi connectivity index (χ2v) is 11.3. The van der Waals surface area contributed by atoms with Gasteiger partial charge in [0.15, 0.2) is 6.10 Å². The molecular formula is C24H29N3O5S. The first kappa shape index (κ1) is 22.4. The molecule has 0 unspecified atom stereocenters. The van der Waals surface area contributed by atoms with Crippen LogP contribution in [0, 0.1) is 34.5 Å². The molecule has 0 radical (unpaired) electrons. The van der Waals surface area contributed by atoms with Gasteiger partial charge in [-0.3, -0.25) is 9.59 Å². The van der Waals surface area contributed by atoms with Crippen LogP contribution in [0.3, 0.4) is 0 Å². The lowest BCUT2D eigenvalue weighted by atomic mass is 9.49. The lowest BCUT2D eigenvalue weighted by molar-refractivity contribution is -0.168. The third kappa shape index (κ3) is 4.04. The van der Waals surface area contributed by atoms with Crippen molar-refractivity contribution >= 4 is 34.1 Å². The molecule has 6 rings (SSSR count). The Bertz CT molecular complexity index is 979. The molecule has 2 N–H and O–H groups in total. The molecule has 5 fully saturated rings. The summed E-state index contributed by atoms with van der Waals surface area (Å²) < 4.78 is 5.43. The quantitative estimate of drug-likeness (QED) is 0.637. The molecule has 33 heavy (non-hydrogen) atoms. The van der Waals surface area contributed by atoms with Gasteiger partial charge in [0.2, 0.25) is 5.91 Å². The number of thiophene rings is 1. The maximum absolute atomic E-state index is 13.8. The SMILES string of the molecule is C[C@H](OC(=O)[C@@H]1C[C@H](O)CN1C(=O)C12CC3CC(CC(C3)C1)C2)C(=O)Nc1sccc1C#N. The van der Waals surface area contributed by atoms with Crippen LogP contribution < -0.4 is 5.32 Å². The van der Waals surface area contributed by atoms with Gasteiger partial charge in [0, 0.05) is 13.0 Å². The summed E-state index contributed by atoms with van der Waals surface area (Å²) in [7, 11) is 0. The smallest absolute Gasteiger partial charge is 0.329 e. The van der Waals surface area contributed by atoms with Crippen LogP contribution in [-0.2, 0) is 19.1 Å². The summed E-state index contributed by atoms with van der Waals surface area (Å²) in [5, 5.41) is 24.1. The third-order valence-electron chi connectivity index (χ3n) is 7.99. The van der Waals surface area contributed by atoms with E-state index < -0.39 is 35.5 Å². The van der Waals surface area contributed by atoms with Gasteiger partial charge in [-0.25, -0.2) is 4.79 Å². The maximum atomic E-state index is 13.8. The monoisotopic (exact) mass is 471 g/mol. The molecule has 4 saturated carbocycles. The summed E-state index contributed by atoms with van der Waals surface area (Å²) in [4.78, 5) is 40.8. The fourth-order valence-electron chi connectivity index (χ4n) is 6.95. The van der Waals surface area contributed by atoms with Crippen LogP contribution in [0.5, 0.6) is 0 Å². The number of aliphatic hydroxyl groups is 1. The van der Waals surface area contributed by atoms with Crippen molar-refractivity contribution in [1.29, 1.82) is 5.26 Å². The molecule has 8 nitrogen and oxygen atoms in total.